The molecule has 148 valence electrons. The molecule has 9 heteroatoms. The van der Waals surface area contributed by atoms with Crippen LogP contribution >= 0.6 is 34.8 Å². The van der Waals surface area contributed by atoms with Gasteiger partial charge in [0.1, 0.15) is 0 Å². The fourth-order valence-corrected chi connectivity index (χ4v) is 2.98. The number of carboxylic acid groups (broad SMARTS) is 1. The van der Waals surface area contributed by atoms with Crippen LogP contribution in [0.3, 0.4) is 0 Å². The summed E-state index contributed by atoms with van der Waals surface area (Å²) < 4.78 is 0. The second kappa shape index (κ2) is 9.05. The average Bonchev–Trinajstić information content (AvgIpc) is 2.68. The molecule has 3 N–H and O–H groups in total. The standard InChI is InChI=1S/C20H13Cl3N2O4/c21-12-3-7-17(25-29-18-8-4-13(22)10-16(18)23)15(9-12)19(26)24-14-5-1-11(2-6-14)20(27)28/h1-10,25H,(H,24,26)(H,27,28). The molecule has 0 unspecified atom stereocenters. The van der Waals surface area contributed by atoms with Crippen molar-refractivity contribution in [3.8, 4) is 5.75 Å². The first kappa shape index (κ1) is 20.8. The summed E-state index contributed by atoms with van der Waals surface area (Å²) in [5.41, 5.74) is 3.78. The number of rotatable bonds is 6. The Morgan fingerprint density at radius 2 is 1.52 bits per heavy atom. The number of amides is 1. The molecule has 0 aliphatic carbocycles. The molecule has 0 atom stereocenters. The van der Waals surface area contributed by atoms with Crippen molar-refractivity contribution in [2.45, 2.75) is 0 Å². The van der Waals surface area contributed by atoms with E-state index in [-0.39, 0.29) is 11.1 Å². The second-order valence-electron chi connectivity index (χ2n) is 5.81. The molecular formula is C20H13Cl3N2O4. The summed E-state index contributed by atoms with van der Waals surface area (Å²) in [5.74, 6) is -1.20. The zero-order chi connectivity index (χ0) is 21.0. The zero-order valence-corrected chi connectivity index (χ0v) is 16.8. The maximum absolute atomic E-state index is 12.7. The molecule has 0 aromatic heterocycles. The topological polar surface area (TPSA) is 87.7 Å². The van der Waals surface area contributed by atoms with Gasteiger partial charge in [0.05, 0.1) is 21.8 Å². The van der Waals surface area contributed by atoms with E-state index >= 15 is 0 Å². The Kier molecular flexibility index (Phi) is 6.49. The predicted molar refractivity (Wildman–Crippen MR) is 114 cm³/mol. The minimum atomic E-state index is -1.05. The highest BCUT2D eigenvalue weighted by atomic mass is 35.5. The van der Waals surface area contributed by atoms with E-state index in [9.17, 15) is 9.59 Å². The second-order valence-corrected chi connectivity index (χ2v) is 7.09. The molecule has 3 rings (SSSR count). The minimum absolute atomic E-state index is 0.112. The monoisotopic (exact) mass is 450 g/mol. The first-order chi connectivity index (χ1) is 13.8. The quantitative estimate of drug-likeness (QED) is 0.400. The molecule has 0 radical (unpaired) electrons. The summed E-state index contributed by atoms with van der Waals surface area (Å²) in [6, 6.07) is 15.1. The van der Waals surface area contributed by atoms with Gasteiger partial charge in [-0.15, -0.1) is 0 Å². The maximum atomic E-state index is 12.7. The van der Waals surface area contributed by atoms with Crippen molar-refractivity contribution in [3.63, 3.8) is 0 Å². The highest BCUT2D eigenvalue weighted by Gasteiger charge is 2.14. The molecule has 0 saturated heterocycles. The number of benzene rings is 3. The van der Waals surface area contributed by atoms with Crippen molar-refractivity contribution < 1.29 is 19.5 Å². The average molecular weight is 452 g/mol. The van der Waals surface area contributed by atoms with Crippen LogP contribution in [0.5, 0.6) is 5.75 Å². The Morgan fingerprint density at radius 1 is 0.862 bits per heavy atom. The lowest BCUT2D eigenvalue weighted by Gasteiger charge is -2.14. The number of nitrogens with one attached hydrogen (secondary N) is 2. The van der Waals surface area contributed by atoms with E-state index in [1.54, 1.807) is 24.3 Å². The third kappa shape index (κ3) is 5.32. The molecule has 0 fully saturated rings. The van der Waals surface area contributed by atoms with Gasteiger partial charge in [-0.25, -0.2) is 10.3 Å². The molecule has 0 aliphatic rings. The van der Waals surface area contributed by atoms with E-state index in [0.29, 0.717) is 32.2 Å². The van der Waals surface area contributed by atoms with Crippen LogP contribution < -0.4 is 15.6 Å². The first-order valence-corrected chi connectivity index (χ1v) is 9.29. The number of hydrogen-bond donors (Lipinski definition) is 3. The van der Waals surface area contributed by atoms with E-state index in [1.165, 1.54) is 36.4 Å². The number of aromatic carboxylic acids is 1. The Balaban J connectivity index is 1.78. The van der Waals surface area contributed by atoms with Gasteiger partial charge in [-0.3, -0.25) is 4.79 Å². The largest absolute Gasteiger partial charge is 0.478 e. The fourth-order valence-electron chi connectivity index (χ4n) is 2.36. The number of hydrogen-bond acceptors (Lipinski definition) is 4. The lowest BCUT2D eigenvalue weighted by Crippen LogP contribution is -2.16. The number of carbonyl (C=O) groups excluding carboxylic acids is 1. The van der Waals surface area contributed by atoms with E-state index in [1.807, 2.05) is 0 Å². The molecule has 0 bridgehead atoms. The molecule has 1 amide bonds. The number of halogens is 3. The smallest absolute Gasteiger partial charge is 0.335 e. The van der Waals surface area contributed by atoms with Crippen LogP contribution in [0.15, 0.2) is 60.7 Å². The van der Waals surface area contributed by atoms with Crippen molar-refractivity contribution in [1.82, 2.24) is 0 Å². The van der Waals surface area contributed by atoms with Crippen molar-refractivity contribution in [2.24, 2.45) is 0 Å². The summed E-state index contributed by atoms with van der Waals surface area (Å²) in [4.78, 5) is 29.1. The third-order valence-electron chi connectivity index (χ3n) is 3.78. The molecular weight excluding hydrogens is 439 g/mol. The van der Waals surface area contributed by atoms with Crippen LogP contribution in [-0.4, -0.2) is 17.0 Å². The van der Waals surface area contributed by atoms with Crippen LogP contribution in [0.4, 0.5) is 11.4 Å². The van der Waals surface area contributed by atoms with Gasteiger partial charge in [-0.2, -0.15) is 0 Å². The summed E-state index contributed by atoms with van der Waals surface area (Å²) >= 11 is 18.0. The summed E-state index contributed by atoms with van der Waals surface area (Å²) in [7, 11) is 0. The molecule has 0 saturated carbocycles. The number of carboxylic acids is 1. The van der Waals surface area contributed by atoms with Gasteiger partial charge in [0, 0.05) is 15.7 Å². The van der Waals surface area contributed by atoms with Crippen molar-refractivity contribution in [1.29, 1.82) is 0 Å². The zero-order valence-electron chi connectivity index (χ0n) is 14.6. The molecule has 29 heavy (non-hydrogen) atoms. The van der Waals surface area contributed by atoms with Gasteiger partial charge in [0.2, 0.25) is 0 Å². The van der Waals surface area contributed by atoms with Crippen LogP contribution in [0, 0.1) is 0 Å². The molecule has 3 aromatic rings. The maximum Gasteiger partial charge on any atom is 0.335 e. The van der Waals surface area contributed by atoms with Crippen LogP contribution in [0.1, 0.15) is 20.7 Å². The molecule has 6 nitrogen and oxygen atoms in total. The van der Waals surface area contributed by atoms with Gasteiger partial charge < -0.3 is 15.3 Å². The Bertz CT molecular complexity index is 1070. The number of anilines is 2. The molecule has 0 aliphatic heterocycles. The lowest BCUT2D eigenvalue weighted by atomic mass is 10.1. The van der Waals surface area contributed by atoms with Gasteiger partial charge in [-0.1, -0.05) is 34.8 Å². The molecule has 0 heterocycles. The Morgan fingerprint density at radius 3 is 2.17 bits per heavy atom. The van der Waals surface area contributed by atoms with Crippen molar-refractivity contribution >= 4 is 58.1 Å². The Labute approximate surface area is 180 Å². The number of carbonyl (C=O) groups is 2. The van der Waals surface area contributed by atoms with Gasteiger partial charge >= 0.3 is 5.97 Å². The van der Waals surface area contributed by atoms with E-state index in [0.717, 1.165) is 0 Å². The summed E-state index contributed by atoms with van der Waals surface area (Å²) in [5, 5.41) is 12.7. The highest BCUT2D eigenvalue weighted by molar-refractivity contribution is 6.35. The first-order valence-electron chi connectivity index (χ1n) is 8.15. The van der Waals surface area contributed by atoms with E-state index in [4.69, 9.17) is 44.7 Å². The van der Waals surface area contributed by atoms with Gasteiger partial charge in [0.25, 0.3) is 5.91 Å². The summed E-state index contributed by atoms with van der Waals surface area (Å²) in [6.07, 6.45) is 0. The lowest BCUT2D eigenvalue weighted by molar-refractivity contribution is 0.0696. The van der Waals surface area contributed by atoms with Crippen LogP contribution in [0.25, 0.3) is 0 Å². The predicted octanol–water partition coefficient (Wildman–Crippen LogP) is 6.00. The van der Waals surface area contributed by atoms with Crippen LogP contribution in [-0.2, 0) is 0 Å². The summed E-state index contributed by atoms with van der Waals surface area (Å²) in [6.45, 7) is 0. The SMILES string of the molecule is O=C(O)c1ccc(NC(=O)c2cc(Cl)ccc2NOc2ccc(Cl)cc2Cl)cc1. The van der Waals surface area contributed by atoms with Crippen molar-refractivity contribution in [2.75, 3.05) is 10.8 Å². The molecule has 0 spiro atoms. The Hall–Kier alpha value is -2.93. The fraction of sp³-hybridized carbons (Fsp3) is 0. The van der Waals surface area contributed by atoms with Crippen molar-refractivity contribution in [3.05, 3.63) is 86.9 Å². The third-order valence-corrected chi connectivity index (χ3v) is 4.55. The van der Waals surface area contributed by atoms with Gasteiger partial charge in [0.15, 0.2) is 5.75 Å². The van der Waals surface area contributed by atoms with Gasteiger partial charge in [-0.05, 0) is 60.7 Å². The normalized spacial score (nSPS) is 10.3. The molecule has 3 aromatic carbocycles. The van der Waals surface area contributed by atoms with E-state index < -0.39 is 11.9 Å². The minimum Gasteiger partial charge on any atom is -0.478 e. The van der Waals surface area contributed by atoms with E-state index in [2.05, 4.69) is 10.8 Å². The highest BCUT2D eigenvalue weighted by Crippen LogP contribution is 2.29. The van der Waals surface area contributed by atoms with Crippen LogP contribution in [0.2, 0.25) is 15.1 Å².